The number of nitrogens with zero attached hydrogens (tertiary/aromatic N) is 1. The molecule has 3 aromatic carbocycles. The Morgan fingerprint density at radius 1 is 0.906 bits per heavy atom. The zero-order valence-corrected chi connectivity index (χ0v) is 19.3. The summed E-state index contributed by atoms with van der Waals surface area (Å²) in [4.78, 5) is 4.90. The fourth-order valence-electron chi connectivity index (χ4n) is 4.56. The van der Waals surface area contributed by atoms with Crippen molar-refractivity contribution in [2.75, 3.05) is 0 Å². The van der Waals surface area contributed by atoms with E-state index in [4.69, 9.17) is 9.40 Å². The van der Waals surface area contributed by atoms with Crippen molar-refractivity contribution in [3.8, 4) is 11.3 Å². The van der Waals surface area contributed by atoms with E-state index in [1.807, 2.05) is 30.5 Å². The molecule has 0 saturated heterocycles. The smallest absolute Gasteiger partial charge is 0.144 e. The number of hydrogen-bond acceptors (Lipinski definition) is 2. The molecule has 0 bridgehead atoms. The topological polar surface area (TPSA) is 26.0 Å². The summed E-state index contributed by atoms with van der Waals surface area (Å²) in [5.74, 6) is 0.0873. The second kappa shape index (κ2) is 7.44. The minimum Gasteiger partial charge on any atom is -0.455 e. The number of fused-ring (bicyclic) bond motifs is 4. The van der Waals surface area contributed by atoms with Crippen molar-refractivity contribution < 1.29 is 8.81 Å². The van der Waals surface area contributed by atoms with E-state index < -0.39 is 0 Å². The average Bonchev–Trinajstić information content (AvgIpc) is 3.11. The highest BCUT2D eigenvalue weighted by molar-refractivity contribution is 6.12. The third-order valence-corrected chi connectivity index (χ3v) is 6.08. The van der Waals surface area contributed by atoms with E-state index in [9.17, 15) is 4.39 Å². The number of rotatable bonds is 3. The van der Waals surface area contributed by atoms with Crippen LogP contribution < -0.4 is 0 Å². The summed E-state index contributed by atoms with van der Waals surface area (Å²) in [5.41, 5.74) is 5.79. The molecule has 162 valence electrons. The molecule has 0 aliphatic carbocycles. The molecule has 32 heavy (non-hydrogen) atoms. The summed E-state index contributed by atoms with van der Waals surface area (Å²) in [6, 6.07) is 17.5. The van der Waals surface area contributed by atoms with Crippen LogP contribution in [0.1, 0.15) is 51.7 Å². The molecule has 2 nitrogen and oxygen atoms in total. The zero-order valence-electron chi connectivity index (χ0n) is 19.3. The lowest BCUT2D eigenvalue weighted by Gasteiger charge is -2.20. The number of halogens is 1. The molecule has 0 aliphatic heterocycles. The number of aromatic nitrogens is 1. The van der Waals surface area contributed by atoms with Gasteiger partial charge in [-0.2, -0.15) is 0 Å². The Kier molecular flexibility index (Phi) is 4.81. The fraction of sp³-hybridized carbons (Fsp3) is 0.276. The van der Waals surface area contributed by atoms with E-state index in [0.29, 0.717) is 5.92 Å². The minimum absolute atomic E-state index is 0.105. The Labute approximate surface area is 188 Å². The molecule has 5 aromatic rings. The van der Waals surface area contributed by atoms with Gasteiger partial charge in [0.2, 0.25) is 0 Å². The number of benzene rings is 3. The molecule has 0 N–H and O–H groups in total. The van der Waals surface area contributed by atoms with Crippen LogP contribution in [-0.2, 0) is 6.42 Å². The van der Waals surface area contributed by atoms with Gasteiger partial charge in [-0.1, -0.05) is 58.9 Å². The quantitative estimate of drug-likeness (QED) is 0.289. The van der Waals surface area contributed by atoms with Gasteiger partial charge < -0.3 is 4.42 Å². The highest BCUT2D eigenvalue weighted by atomic mass is 19.1. The van der Waals surface area contributed by atoms with Gasteiger partial charge >= 0.3 is 0 Å². The Hall–Kier alpha value is -3.20. The standard InChI is InChI=1S/C29H28FNO/c1-17(2)18-12-24-22-8-6-7-9-26(22)32-28(24)25(13-18)27-23-14-20(30)10-11-21(23)19(16-31-27)15-29(3,4)5/h6-14,16-17H,15H2,1-5H3. The maximum absolute atomic E-state index is 14.4. The minimum atomic E-state index is -0.255. The number of pyridine rings is 1. The summed E-state index contributed by atoms with van der Waals surface area (Å²) in [7, 11) is 0. The maximum Gasteiger partial charge on any atom is 0.144 e. The molecule has 0 fully saturated rings. The molecular weight excluding hydrogens is 397 g/mol. The largest absolute Gasteiger partial charge is 0.455 e. The van der Waals surface area contributed by atoms with E-state index in [0.717, 1.165) is 56.0 Å². The summed E-state index contributed by atoms with van der Waals surface area (Å²) in [6.07, 6.45) is 2.83. The van der Waals surface area contributed by atoms with Gasteiger partial charge in [-0.3, -0.25) is 4.98 Å². The van der Waals surface area contributed by atoms with Crippen LogP contribution in [0.2, 0.25) is 0 Å². The van der Waals surface area contributed by atoms with Gasteiger partial charge in [0.25, 0.3) is 0 Å². The highest BCUT2D eigenvalue weighted by Crippen LogP contribution is 2.40. The van der Waals surface area contributed by atoms with Crippen LogP contribution >= 0.6 is 0 Å². The predicted molar refractivity (Wildman–Crippen MR) is 132 cm³/mol. The first-order chi connectivity index (χ1) is 15.2. The third kappa shape index (κ3) is 3.56. The SMILES string of the molecule is CC(C)c1cc(-c2ncc(CC(C)(C)C)c3ccc(F)cc23)c2oc3ccccc3c2c1. The first-order valence-corrected chi connectivity index (χ1v) is 11.2. The van der Waals surface area contributed by atoms with Crippen molar-refractivity contribution >= 4 is 32.7 Å². The fourth-order valence-corrected chi connectivity index (χ4v) is 4.56. The normalized spacial score (nSPS) is 12.5. The van der Waals surface area contributed by atoms with Gasteiger partial charge in [-0.15, -0.1) is 0 Å². The summed E-state index contributed by atoms with van der Waals surface area (Å²) < 4.78 is 20.8. The molecule has 0 aliphatic rings. The lowest BCUT2D eigenvalue weighted by Crippen LogP contribution is -2.10. The van der Waals surface area contributed by atoms with E-state index in [1.54, 1.807) is 12.1 Å². The van der Waals surface area contributed by atoms with E-state index >= 15 is 0 Å². The van der Waals surface area contributed by atoms with Crippen LogP contribution in [-0.4, -0.2) is 4.98 Å². The number of hydrogen-bond donors (Lipinski definition) is 0. The number of para-hydroxylation sites is 1. The molecule has 0 atom stereocenters. The van der Waals surface area contributed by atoms with Crippen molar-refractivity contribution in [2.45, 2.75) is 47.0 Å². The van der Waals surface area contributed by atoms with Crippen molar-refractivity contribution in [3.63, 3.8) is 0 Å². The zero-order chi connectivity index (χ0) is 22.6. The molecule has 2 heterocycles. The molecule has 3 heteroatoms. The summed E-state index contributed by atoms with van der Waals surface area (Å²) in [5, 5.41) is 4.04. The molecular formula is C29H28FNO. The van der Waals surface area contributed by atoms with Gasteiger partial charge in [-0.25, -0.2) is 4.39 Å². The lowest BCUT2D eigenvalue weighted by molar-refractivity contribution is 0.412. The molecule has 2 aromatic heterocycles. The first-order valence-electron chi connectivity index (χ1n) is 11.2. The first kappa shape index (κ1) is 20.7. The maximum atomic E-state index is 14.4. The van der Waals surface area contributed by atoms with Gasteiger partial charge in [0.1, 0.15) is 17.0 Å². The Morgan fingerprint density at radius 2 is 1.69 bits per heavy atom. The molecule has 0 unspecified atom stereocenters. The lowest BCUT2D eigenvalue weighted by atomic mass is 9.86. The predicted octanol–water partition coefficient (Wildman–Crippen LogP) is 8.65. The molecule has 5 rings (SSSR count). The van der Waals surface area contributed by atoms with Gasteiger partial charge in [-0.05, 0) is 64.6 Å². The van der Waals surface area contributed by atoms with E-state index in [-0.39, 0.29) is 11.2 Å². The highest BCUT2D eigenvalue weighted by Gasteiger charge is 2.20. The van der Waals surface area contributed by atoms with Crippen molar-refractivity contribution in [1.29, 1.82) is 0 Å². The number of furan rings is 1. The van der Waals surface area contributed by atoms with E-state index in [2.05, 4.69) is 52.8 Å². The van der Waals surface area contributed by atoms with Gasteiger partial charge in [0.15, 0.2) is 0 Å². The van der Waals surface area contributed by atoms with Crippen molar-refractivity contribution in [3.05, 3.63) is 77.7 Å². The van der Waals surface area contributed by atoms with E-state index in [1.165, 1.54) is 5.56 Å². The van der Waals surface area contributed by atoms with Crippen molar-refractivity contribution in [2.24, 2.45) is 5.41 Å². The molecule has 0 spiro atoms. The summed E-state index contributed by atoms with van der Waals surface area (Å²) >= 11 is 0. The average molecular weight is 426 g/mol. The third-order valence-electron chi connectivity index (χ3n) is 6.08. The van der Waals surface area contributed by atoms with Crippen LogP contribution in [0.15, 0.2) is 65.2 Å². The van der Waals surface area contributed by atoms with Gasteiger partial charge in [0, 0.05) is 27.9 Å². The van der Waals surface area contributed by atoms with Crippen LogP contribution in [0.5, 0.6) is 0 Å². The van der Waals surface area contributed by atoms with Crippen molar-refractivity contribution in [1.82, 2.24) is 4.98 Å². The summed E-state index contributed by atoms with van der Waals surface area (Å²) in [6.45, 7) is 11.0. The Bertz CT molecular complexity index is 1470. The van der Waals surface area contributed by atoms with Crippen LogP contribution in [0.25, 0.3) is 44.0 Å². The van der Waals surface area contributed by atoms with Crippen LogP contribution in [0.4, 0.5) is 4.39 Å². The second-order valence-electron chi connectivity index (χ2n) is 10.3. The van der Waals surface area contributed by atoms with Crippen LogP contribution in [0.3, 0.4) is 0 Å². The molecule has 0 amide bonds. The Morgan fingerprint density at radius 3 is 2.44 bits per heavy atom. The monoisotopic (exact) mass is 425 g/mol. The molecule has 0 radical (unpaired) electrons. The van der Waals surface area contributed by atoms with Crippen LogP contribution in [0, 0.1) is 11.2 Å². The second-order valence-corrected chi connectivity index (χ2v) is 10.3. The van der Waals surface area contributed by atoms with Gasteiger partial charge in [0.05, 0.1) is 5.69 Å². The molecule has 0 saturated carbocycles. The Balaban J connectivity index is 1.87.